The molecule has 0 aliphatic carbocycles. The van der Waals surface area contributed by atoms with Gasteiger partial charge in [-0.1, -0.05) is 6.42 Å². The van der Waals surface area contributed by atoms with Crippen LogP contribution in [0.25, 0.3) is 0 Å². The molecule has 0 spiro atoms. The number of ether oxygens (including phenoxy) is 2. The third-order valence-corrected chi connectivity index (χ3v) is 3.21. The molecule has 19 heavy (non-hydrogen) atoms. The van der Waals surface area contributed by atoms with Gasteiger partial charge in [0.15, 0.2) is 0 Å². The van der Waals surface area contributed by atoms with Crippen LogP contribution in [0.3, 0.4) is 0 Å². The van der Waals surface area contributed by atoms with Crippen LogP contribution < -0.4 is 14.8 Å². The summed E-state index contributed by atoms with van der Waals surface area (Å²) < 4.78 is 11.1. The molecule has 1 N–H and O–H groups in total. The van der Waals surface area contributed by atoms with E-state index in [4.69, 9.17) is 9.47 Å². The van der Waals surface area contributed by atoms with Crippen LogP contribution in [0.4, 0.5) is 0 Å². The van der Waals surface area contributed by atoms with Gasteiger partial charge >= 0.3 is 0 Å². The van der Waals surface area contributed by atoms with Crippen molar-refractivity contribution in [3.63, 3.8) is 0 Å². The smallest absolute Gasteiger partial charge is 0.220 e. The first-order valence-corrected chi connectivity index (χ1v) is 7.12. The van der Waals surface area contributed by atoms with Crippen molar-refractivity contribution >= 4 is 0 Å². The second kappa shape index (κ2) is 7.28. The van der Waals surface area contributed by atoms with Crippen LogP contribution in [0.1, 0.15) is 38.4 Å². The van der Waals surface area contributed by atoms with E-state index in [1.165, 1.54) is 19.3 Å². The molecule has 1 aliphatic rings. The standard InChI is InChI=1S/C14H23N3O2/c1-3-18-13-10-14(17-11(2)16-13)19-9-7-12-6-4-5-8-15-12/h10,12,15H,3-9H2,1-2H3. The lowest BCUT2D eigenvalue weighted by atomic mass is 10.0. The van der Waals surface area contributed by atoms with Crippen LogP contribution in [0.5, 0.6) is 11.8 Å². The number of nitrogens with zero attached hydrogens (tertiary/aromatic N) is 2. The molecule has 0 bridgehead atoms. The number of nitrogens with one attached hydrogen (secondary N) is 1. The molecule has 1 unspecified atom stereocenters. The van der Waals surface area contributed by atoms with Gasteiger partial charge in [0.2, 0.25) is 11.8 Å². The first-order chi connectivity index (χ1) is 9.28. The van der Waals surface area contributed by atoms with E-state index in [1.807, 2.05) is 13.8 Å². The van der Waals surface area contributed by atoms with Gasteiger partial charge in [-0.05, 0) is 39.7 Å². The zero-order valence-corrected chi connectivity index (χ0v) is 11.8. The Hall–Kier alpha value is -1.36. The molecule has 106 valence electrons. The molecule has 1 aromatic rings. The molecule has 0 amide bonds. The summed E-state index contributed by atoms with van der Waals surface area (Å²) in [6.45, 7) is 6.19. The van der Waals surface area contributed by atoms with E-state index in [0.29, 0.717) is 36.8 Å². The van der Waals surface area contributed by atoms with Crippen LogP contribution in [-0.4, -0.2) is 35.8 Å². The summed E-state index contributed by atoms with van der Waals surface area (Å²) in [4.78, 5) is 8.46. The average molecular weight is 265 g/mol. The van der Waals surface area contributed by atoms with E-state index in [2.05, 4.69) is 15.3 Å². The summed E-state index contributed by atoms with van der Waals surface area (Å²) in [6.07, 6.45) is 4.88. The molecule has 5 heteroatoms. The first kappa shape index (κ1) is 14.1. The Morgan fingerprint density at radius 1 is 1.26 bits per heavy atom. The van der Waals surface area contributed by atoms with Crippen LogP contribution in [0.15, 0.2) is 6.07 Å². The lowest BCUT2D eigenvalue weighted by molar-refractivity contribution is 0.256. The number of piperidine rings is 1. The van der Waals surface area contributed by atoms with Crippen molar-refractivity contribution in [2.24, 2.45) is 0 Å². The van der Waals surface area contributed by atoms with Crippen molar-refractivity contribution in [2.45, 2.75) is 45.6 Å². The molecule has 0 saturated carbocycles. The van der Waals surface area contributed by atoms with Gasteiger partial charge in [0.05, 0.1) is 19.3 Å². The molecule has 1 aromatic heterocycles. The van der Waals surface area contributed by atoms with Crippen molar-refractivity contribution in [1.29, 1.82) is 0 Å². The van der Waals surface area contributed by atoms with Gasteiger partial charge in [-0.2, -0.15) is 9.97 Å². The molecule has 2 rings (SSSR count). The van der Waals surface area contributed by atoms with Gasteiger partial charge in [0.1, 0.15) is 5.82 Å². The first-order valence-electron chi connectivity index (χ1n) is 7.12. The van der Waals surface area contributed by atoms with Gasteiger partial charge < -0.3 is 14.8 Å². The van der Waals surface area contributed by atoms with Crippen molar-refractivity contribution in [1.82, 2.24) is 15.3 Å². The SMILES string of the molecule is CCOc1cc(OCCC2CCCCN2)nc(C)n1. The van der Waals surface area contributed by atoms with Crippen LogP contribution in [0, 0.1) is 6.92 Å². The highest BCUT2D eigenvalue weighted by atomic mass is 16.5. The van der Waals surface area contributed by atoms with Gasteiger partial charge in [-0.3, -0.25) is 0 Å². The number of rotatable bonds is 6. The Kier molecular flexibility index (Phi) is 5.39. The molecule has 1 fully saturated rings. The summed E-state index contributed by atoms with van der Waals surface area (Å²) >= 11 is 0. The number of hydrogen-bond acceptors (Lipinski definition) is 5. The average Bonchev–Trinajstić information content (AvgIpc) is 2.40. The predicted molar refractivity (Wildman–Crippen MR) is 73.7 cm³/mol. The highest BCUT2D eigenvalue weighted by Gasteiger charge is 2.12. The van der Waals surface area contributed by atoms with Crippen molar-refractivity contribution in [3.05, 3.63) is 11.9 Å². The lowest BCUT2D eigenvalue weighted by Gasteiger charge is -2.23. The maximum absolute atomic E-state index is 5.71. The zero-order valence-electron chi connectivity index (χ0n) is 11.8. The molecule has 0 radical (unpaired) electrons. The zero-order chi connectivity index (χ0) is 13.5. The van der Waals surface area contributed by atoms with Gasteiger partial charge in [0, 0.05) is 6.04 Å². The number of aryl methyl sites for hydroxylation is 1. The summed E-state index contributed by atoms with van der Waals surface area (Å²) in [5, 5.41) is 3.51. The van der Waals surface area contributed by atoms with E-state index >= 15 is 0 Å². The molecular formula is C14H23N3O2. The Morgan fingerprint density at radius 3 is 2.74 bits per heavy atom. The summed E-state index contributed by atoms with van der Waals surface area (Å²) in [6, 6.07) is 2.34. The third-order valence-electron chi connectivity index (χ3n) is 3.21. The highest BCUT2D eigenvalue weighted by Crippen LogP contribution is 2.16. The van der Waals surface area contributed by atoms with Crippen LogP contribution >= 0.6 is 0 Å². The fraction of sp³-hybridized carbons (Fsp3) is 0.714. The molecule has 1 saturated heterocycles. The minimum Gasteiger partial charge on any atom is -0.478 e. The second-order valence-electron chi connectivity index (χ2n) is 4.81. The minimum atomic E-state index is 0.584. The second-order valence-corrected chi connectivity index (χ2v) is 4.81. The predicted octanol–water partition coefficient (Wildman–Crippen LogP) is 2.09. The summed E-state index contributed by atoms with van der Waals surface area (Å²) in [5.41, 5.74) is 0. The quantitative estimate of drug-likeness (QED) is 0.853. The van der Waals surface area contributed by atoms with Gasteiger partial charge in [-0.15, -0.1) is 0 Å². The Balaban J connectivity index is 1.81. The fourth-order valence-electron chi connectivity index (χ4n) is 2.29. The highest BCUT2D eigenvalue weighted by molar-refractivity contribution is 5.20. The fourth-order valence-corrected chi connectivity index (χ4v) is 2.29. The Morgan fingerprint density at radius 2 is 2.05 bits per heavy atom. The van der Waals surface area contributed by atoms with Crippen molar-refractivity contribution in [3.8, 4) is 11.8 Å². The van der Waals surface area contributed by atoms with Gasteiger partial charge in [0.25, 0.3) is 0 Å². The Bertz CT molecular complexity index is 392. The molecule has 1 atom stereocenters. The van der Waals surface area contributed by atoms with Crippen LogP contribution in [-0.2, 0) is 0 Å². The summed E-state index contributed by atoms with van der Waals surface area (Å²) in [7, 11) is 0. The molecular weight excluding hydrogens is 242 g/mol. The summed E-state index contributed by atoms with van der Waals surface area (Å²) in [5.74, 6) is 1.87. The molecule has 0 aromatic carbocycles. The van der Waals surface area contributed by atoms with E-state index < -0.39 is 0 Å². The molecule has 1 aliphatic heterocycles. The minimum absolute atomic E-state index is 0.584. The van der Waals surface area contributed by atoms with Crippen molar-refractivity contribution in [2.75, 3.05) is 19.8 Å². The van der Waals surface area contributed by atoms with E-state index in [9.17, 15) is 0 Å². The number of aromatic nitrogens is 2. The van der Waals surface area contributed by atoms with Crippen LogP contribution in [0.2, 0.25) is 0 Å². The lowest BCUT2D eigenvalue weighted by Crippen LogP contribution is -2.35. The van der Waals surface area contributed by atoms with E-state index in [-0.39, 0.29) is 0 Å². The monoisotopic (exact) mass is 265 g/mol. The topological polar surface area (TPSA) is 56.3 Å². The molecule has 5 nitrogen and oxygen atoms in total. The Labute approximate surface area is 114 Å². The normalized spacial score (nSPS) is 19.2. The maximum atomic E-state index is 5.71. The van der Waals surface area contributed by atoms with E-state index in [1.54, 1.807) is 6.07 Å². The third kappa shape index (κ3) is 4.67. The maximum Gasteiger partial charge on any atom is 0.220 e. The number of hydrogen-bond donors (Lipinski definition) is 1. The van der Waals surface area contributed by atoms with Crippen molar-refractivity contribution < 1.29 is 9.47 Å². The molecule has 2 heterocycles. The van der Waals surface area contributed by atoms with Gasteiger partial charge in [-0.25, -0.2) is 0 Å². The largest absolute Gasteiger partial charge is 0.478 e. The van der Waals surface area contributed by atoms with E-state index in [0.717, 1.165) is 13.0 Å².